The average molecular weight is 388 g/mol. The summed E-state index contributed by atoms with van der Waals surface area (Å²) in [7, 11) is 0. The van der Waals surface area contributed by atoms with Crippen molar-refractivity contribution in [1.29, 1.82) is 0 Å². The highest BCUT2D eigenvalue weighted by atomic mass is 32.2. The molecule has 6 atom stereocenters. The lowest BCUT2D eigenvalue weighted by atomic mass is 9.60. The third-order valence-electron chi connectivity index (χ3n) is 6.68. The van der Waals surface area contributed by atoms with E-state index >= 15 is 0 Å². The van der Waals surface area contributed by atoms with E-state index < -0.39 is 11.8 Å². The molecule has 0 unspecified atom stereocenters. The number of amides is 2. The van der Waals surface area contributed by atoms with Crippen LogP contribution in [0.5, 0.6) is 5.75 Å². The highest BCUT2D eigenvalue weighted by Gasteiger charge is 2.57. The predicted molar refractivity (Wildman–Crippen MR) is 101 cm³/mol. The van der Waals surface area contributed by atoms with Crippen LogP contribution in [0.25, 0.3) is 0 Å². The maximum atomic E-state index is 12.9. The molecule has 3 N–H and O–H groups in total. The SMILES string of the molecule is O=C1N[C@@]2(C[C@H]3CC[C@@H]2C[C@@H]3C(=O)N[C@@H]2CSC[C@@H]2O)Oc2ccccc21. The van der Waals surface area contributed by atoms with Gasteiger partial charge in [-0.2, -0.15) is 11.8 Å². The topological polar surface area (TPSA) is 87.7 Å². The average Bonchev–Trinajstić information content (AvgIpc) is 3.06. The van der Waals surface area contributed by atoms with Crippen molar-refractivity contribution in [3.63, 3.8) is 0 Å². The number of aliphatic hydroxyl groups is 1. The molecule has 5 aliphatic rings. The fourth-order valence-electron chi connectivity index (χ4n) is 5.25. The highest BCUT2D eigenvalue weighted by Crippen LogP contribution is 2.52. The fourth-order valence-corrected chi connectivity index (χ4v) is 6.42. The summed E-state index contributed by atoms with van der Waals surface area (Å²) in [5.41, 5.74) is -0.111. The van der Waals surface area contributed by atoms with E-state index in [0.29, 0.717) is 23.5 Å². The molecule has 2 bridgehead atoms. The minimum absolute atomic E-state index is 0.0497. The molecule has 7 heteroatoms. The first-order valence-electron chi connectivity index (χ1n) is 9.72. The van der Waals surface area contributed by atoms with E-state index in [2.05, 4.69) is 10.6 Å². The van der Waals surface area contributed by atoms with Crippen LogP contribution in [0, 0.1) is 17.8 Å². The van der Waals surface area contributed by atoms with Gasteiger partial charge in [0.25, 0.3) is 5.91 Å². The van der Waals surface area contributed by atoms with Crippen LogP contribution in [-0.2, 0) is 4.79 Å². The summed E-state index contributed by atoms with van der Waals surface area (Å²) in [5, 5.41) is 16.2. The van der Waals surface area contributed by atoms with Gasteiger partial charge in [-0.25, -0.2) is 0 Å². The molecule has 1 saturated heterocycles. The van der Waals surface area contributed by atoms with Gasteiger partial charge in [0.1, 0.15) is 5.75 Å². The Morgan fingerprint density at radius 3 is 2.89 bits per heavy atom. The third-order valence-corrected chi connectivity index (χ3v) is 7.85. The van der Waals surface area contributed by atoms with E-state index in [1.807, 2.05) is 18.2 Å². The second-order valence-electron chi connectivity index (χ2n) is 8.24. The lowest BCUT2D eigenvalue weighted by Crippen LogP contribution is -2.67. The van der Waals surface area contributed by atoms with E-state index in [4.69, 9.17) is 4.74 Å². The van der Waals surface area contributed by atoms with E-state index in [0.717, 1.165) is 25.0 Å². The van der Waals surface area contributed by atoms with Crippen LogP contribution in [0.4, 0.5) is 0 Å². The molecular weight excluding hydrogens is 364 g/mol. The minimum atomic E-state index is -0.687. The number of rotatable bonds is 2. The quantitative estimate of drug-likeness (QED) is 0.715. The van der Waals surface area contributed by atoms with Gasteiger partial charge in [-0.05, 0) is 37.3 Å². The molecule has 144 valence electrons. The zero-order valence-corrected chi connectivity index (χ0v) is 15.8. The second-order valence-corrected chi connectivity index (χ2v) is 9.32. The molecule has 1 spiro atoms. The molecule has 0 aromatic heterocycles. The van der Waals surface area contributed by atoms with E-state index in [1.165, 1.54) is 0 Å². The van der Waals surface area contributed by atoms with Gasteiger partial charge in [0.15, 0.2) is 5.72 Å². The molecule has 2 heterocycles. The predicted octanol–water partition coefficient (Wildman–Crippen LogP) is 1.53. The zero-order chi connectivity index (χ0) is 18.6. The van der Waals surface area contributed by atoms with Gasteiger partial charge >= 0.3 is 0 Å². The van der Waals surface area contributed by atoms with Crippen molar-refractivity contribution in [2.75, 3.05) is 11.5 Å². The third kappa shape index (κ3) is 2.83. The Bertz CT molecular complexity index is 787. The second kappa shape index (κ2) is 6.41. The summed E-state index contributed by atoms with van der Waals surface area (Å²) in [6, 6.07) is 7.20. The van der Waals surface area contributed by atoms with Crippen molar-refractivity contribution in [2.24, 2.45) is 17.8 Å². The first kappa shape index (κ1) is 17.4. The Balaban J connectivity index is 1.33. The van der Waals surface area contributed by atoms with Crippen LogP contribution in [-0.4, -0.2) is 46.3 Å². The Kier molecular flexibility index (Phi) is 4.13. The molecule has 0 radical (unpaired) electrons. The van der Waals surface area contributed by atoms with Crippen LogP contribution < -0.4 is 15.4 Å². The summed E-state index contributed by atoms with van der Waals surface area (Å²) in [6.45, 7) is 0. The van der Waals surface area contributed by atoms with Gasteiger partial charge in [0.05, 0.1) is 17.7 Å². The molecule has 27 heavy (non-hydrogen) atoms. The summed E-state index contributed by atoms with van der Waals surface area (Å²) in [5.74, 6) is 2.30. The summed E-state index contributed by atoms with van der Waals surface area (Å²) < 4.78 is 6.34. The Labute approximate surface area is 162 Å². The summed E-state index contributed by atoms with van der Waals surface area (Å²) in [6.07, 6.45) is 2.86. The molecule has 3 saturated carbocycles. The number of aliphatic hydroxyl groups excluding tert-OH is 1. The number of benzene rings is 1. The van der Waals surface area contributed by atoms with Gasteiger partial charge in [0.2, 0.25) is 5.91 Å². The number of fused-ring (bicyclic) bond motifs is 3. The lowest BCUT2D eigenvalue weighted by Gasteiger charge is -2.55. The highest BCUT2D eigenvalue weighted by molar-refractivity contribution is 7.99. The van der Waals surface area contributed by atoms with Crippen LogP contribution in [0.3, 0.4) is 0 Å². The number of hydrogen-bond donors (Lipinski definition) is 3. The zero-order valence-electron chi connectivity index (χ0n) is 15.0. The first-order valence-corrected chi connectivity index (χ1v) is 10.9. The minimum Gasteiger partial charge on any atom is -0.467 e. The van der Waals surface area contributed by atoms with Crippen LogP contribution in [0.2, 0.25) is 0 Å². The van der Waals surface area contributed by atoms with Crippen molar-refractivity contribution < 1.29 is 19.4 Å². The largest absolute Gasteiger partial charge is 0.467 e. The number of hydrogen-bond acceptors (Lipinski definition) is 5. The Morgan fingerprint density at radius 2 is 2.15 bits per heavy atom. The van der Waals surface area contributed by atoms with Gasteiger partial charge in [-0.15, -0.1) is 0 Å². The molecule has 6 rings (SSSR count). The lowest BCUT2D eigenvalue weighted by molar-refractivity contribution is -0.147. The number of carbonyl (C=O) groups excluding carboxylic acids is 2. The molecule has 1 aromatic carbocycles. The Hall–Kier alpha value is -1.73. The van der Waals surface area contributed by atoms with Gasteiger partial charge < -0.3 is 20.5 Å². The van der Waals surface area contributed by atoms with Crippen molar-refractivity contribution in [3.05, 3.63) is 29.8 Å². The fraction of sp³-hybridized carbons (Fsp3) is 0.600. The van der Waals surface area contributed by atoms with Crippen molar-refractivity contribution in [1.82, 2.24) is 10.6 Å². The van der Waals surface area contributed by atoms with Gasteiger partial charge in [-0.3, -0.25) is 9.59 Å². The van der Waals surface area contributed by atoms with Crippen molar-refractivity contribution in [2.45, 2.75) is 43.6 Å². The van der Waals surface area contributed by atoms with Crippen LogP contribution in [0.15, 0.2) is 24.3 Å². The number of nitrogens with one attached hydrogen (secondary N) is 2. The van der Waals surface area contributed by atoms with E-state index in [-0.39, 0.29) is 35.6 Å². The molecule has 4 fully saturated rings. The number of ether oxygens (including phenoxy) is 1. The number of para-hydroxylation sites is 1. The maximum absolute atomic E-state index is 12.9. The first-order chi connectivity index (χ1) is 13.1. The van der Waals surface area contributed by atoms with E-state index in [9.17, 15) is 14.7 Å². The molecule has 2 amide bonds. The van der Waals surface area contributed by atoms with Crippen molar-refractivity contribution >= 4 is 23.6 Å². The normalized spacial score (nSPS) is 39.6. The Morgan fingerprint density at radius 1 is 1.30 bits per heavy atom. The smallest absolute Gasteiger partial charge is 0.258 e. The van der Waals surface area contributed by atoms with Crippen LogP contribution >= 0.6 is 11.8 Å². The molecule has 1 aromatic rings. The van der Waals surface area contributed by atoms with E-state index in [1.54, 1.807) is 17.8 Å². The molecule has 2 aliphatic heterocycles. The van der Waals surface area contributed by atoms with Crippen molar-refractivity contribution in [3.8, 4) is 5.75 Å². The number of thioether (sulfide) groups is 1. The molecule has 6 nitrogen and oxygen atoms in total. The van der Waals surface area contributed by atoms with Gasteiger partial charge in [0, 0.05) is 29.8 Å². The monoisotopic (exact) mass is 388 g/mol. The van der Waals surface area contributed by atoms with Gasteiger partial charge in [-0.1, -0.05) is 12.1 Å². The standard InChI is InChI=1S/C20H24N2O4S/c23-16-10-27-9-15(16)21-18(24)14-7-12-6-5-11(14)8-20(12)22-19(25)13-3-1-2-4-17(13)26-20/h1-4,11-12,14-16,23H,5-10H2,(H,21,24)(H,22,25)/t11-,12-,14+,15-,16+,20+/m1/s1. The summed E-state index contributed by atoms with van der Waals surface area (Å²) in [4.78, 5) is 25.5. The van der Waals surface area contributed by atoms with Crippen LogP contribution in [0.1, 0.15) is 36.0 Å². The maximum Gasteiger partial charge on any atom is 0.258 e. The summed E-state index contributed by atoms with van der Waals surface area (Å²) >= 11 is 1.67. The number of carbonyl (C=O) groups is 2. The molecule has 3 aliphatic carbocycles. The molecular formula is C20H24N2O4S.